The SMILES string of the molecule is CCN(CC(=O)N1CCN(C(C)=O)CC1)C1CCNCC1. The fourth-order valence-corrected chi connectivity index (χ4v) is 3.22. The molecule has 0 saturated carbocycles. The normalized spacial score (nSPS) is 20.9. The van der Waals surface area contributed by atoms with Gasteiger partial charge in [-0.2, -0.15) is 0 Å². The zero-order chi connectivity index (χ0) is 15.2. The second-order valence-corrected chi connectivity index (χ2v) is 5.93. The number of amides is 2. The zero-order valence-electron chi connectivity index (χ0n) is 13.3. The molecule has 2 fully saturated rings. The molecular formula is C15H28N4O2. The van der Waals surface area contributed by atoms with Gasteiger partial charge in [0.1, 0.15) is 0 Å². The van der Waals surface area contributed by atoms with E-state index in [2.05, 4.69) is 17.1 Å². The smallest absolute Gasteiger partial charge is 0.236 e. The van der Waals surface area contributed by atoms with Crippen LogP contribution in [0.15, 0.2) is 0 Å². The van der Waals surface area contributed by atoms with Crippen LogP contribution in [0.5, 0.6) is 0 Å². The van der Waals surface area contributed by atoms with Gasteiger partial charge in [0.05, 0.1) is 6.54 Å². The maximum absolute atomic E-state index is 12.5. The quantitative estimate of drug-likeness (QED) is 0.777. The Bertz CT molecular complexity index is 361. The summed E-state index contributed by atoms with van der Waals surface area (Å²) < 4.78 is 0. The fraction of sp³-hybridized carbons (Fsp3) is 0.867. The molecule has 2 aliphatic heterocycles. The van der Waals surface area contributed by atoms with E-state index in [4.69, 9.17) is 0 Å². The summed E-state index contributed by atoms with van der Waals surface area (Å²) in [6, 6.07) is 0.527. The molecule has 2 aliphatic rings. The summed E-state index contributed by atoms with van der Waals surface area (Å²) in [5.41, 5.74) is 0. The Morgan fingerprint density at radius 2 is 1.67 bits per heavy atom. The Morgan fingerprint density at radius 1 is 1.10 bits per heavy atom. The van der Waals surface area contributed by atoms with E-state index in [9.17, 15) is 9.59 Å². The standard InChI is InChI=1S/C15H28N4O2/c1-3-17(14-4-6-16-7-5-14)12-15(21)19-10-8-18(9-11-19)13(2)20/h14,16H,3-12H2,1-2H3. The molecule has 0 aromatic heterocycles. The summed E-state index contributed by atoms with van der Waals surface area (Å²) in [6.07, 6.45) is 2.25. The van der Waals surface area contributed by atoms with Crippen LogP contribution in [0.1, 0.15) is 26.7 Å². The van der Waals surface area contributed by atoms with Crippen LogP contribution in [-0.2, 0) is 9.59 Å². The minimum Gasteiger partial charge on any atom is -0.339 e. The topological polar surface area (TPSA) is 55.9 Å². The molecule has 0 radical (unpaired) electrons. The largest absolute Gasteiger partial charge is 0.339 e. The lowest BCUT2D eigenvalue weighted by atomic mass is 10.0. The molecule has 120 valence electrons. The van der Waals surface area contributed by atoms with Crippen molar-refractivity contribution in [2.75, 3.05) is 52.4 Å². The van der Waals surface area contributed by atoms with Crippen molar-refractivity contribution in [1.29, 1.82) is 0 Å². The van der Waals surface area contributed by atoms with E-state index in [1.807, 2.05) is 9.80 Å². The second kappa shape index (κ2) is 7.75. The van der Waals surface area contributed by atoms with Gasteiger partial charge >= 0.3 is 0 Å². The minimum atomic E-state index is 0.104. The highest BCUT2D eigenvalue weighted by atomic mass is 16.2. The molecule has 2 heterocycles. The van der Waals surface area contributed by atoms with Crippen molar-refractivity contribution in [3.8, 4) is 0 Å². The first-order valence-corrected chi connectivity index (χ1v) is 8.10. The van der Waals surface area contributed by atoms with Crippen molar-refractivity contribution in [2.45, 2.75) is 32.7 Å². The maximum Gasteiger partial charge on any atom is 0.236 e. The highest BCUT2D eigenvalue weighted by molar-refractivity contribution is 5.79. The van der Waals surface area contributed by atoms with Crippen LogP contribution < -0.4 is 5.32 Å². The molecule has 2 amide bonds. The molecule has 2 rings (SSSR count). The number of nitrogens with zero attached hydrogens (tertiary/aromatic N) is 3. The van der Waals surface area contributed by atoms with E-state index < -0.39 is 0 Å². The minimum absolute atomic E-state index is 0.104. The highest BCUT2D eigenvalue weighted by Crippen LogP contribution is 2.12. The van der Waals surface area contributed by atoms with Crippen molar-refractivity contribution in [3.05, 3.63) is 0 Å². The summed E-state index contributed by atoms with van der Waals surface area (Å²) in [6.45, 7) is 9.92. The monoisotopic (exact) mass is 296 g/mol. The van der Waals surface area contributed by atoms with Crippen LogP contribution in [0.2, 0.25) is 0 Å². The van der Waals surface area contributed by atoms with E-state index in [1.165, 1.54) is 0 Å². The summed E-state index contributed by atoms with van der Waals surface area (Å²) in [7, 11) is 0. The first kappa shape index (κ1) is 16.2. The average Bonchev–Trinajstić information content (AvgIpc) is 2.53. The van der Waals surface area contributed by atoms with Crippen LogP contribution >= 0.6 is 0 Å². The number of piperazine rings is 1. The van der Waals surface area contributed by atoms with Crippen LogP contribution in [0.4, 0.5) is 0 Å². The predicted octanol–water partition coefficient (Wildman–Crippen LogP) is -0.249. The predicted molar refractivity (Wildman–Crippen MR) is 82.0 cm³/mol. The van der Waals surface area contributed by atoms with Crippen LogP contribution in [0, 0.1) is 0 Å². The molecule has 6 nitrogen and oxygen atoms in total. The molecule has 0 spiro atoms. The molecule has 0 bridgehead atoms. The summed E-state index contributed by atoms with van der Waals surface area (Å²) in [5.74, 6) is 0.311. The van der Waals surface area contributed by atoms with Crippen molar-refractivity contribution >= 4 is 11.8 Å². The second-order valence-electron chi connectivity index (χ2n) is 5.93. The Labute approximate surface area is 127 Å². The lowest BCUT2D eigenvalue weighted by Gasteiger charge is -2.37. The van der Waals surface area contributed by atoms with Crippen LogP contribution in [0.25, 0.3) is 0 Å². The molecule has 0 unspecified atom stereocenters. The van der Waals surface area contributed by atoms with Crippen LogP contribution in [-0.4, -0.2) is 84.9 Å². The van der Waals surface area contributed by atoms with Gasteiger partial charge in [-0.25, -0.2) is 0 Å². The maximum atomic E-state index is 12.5. The van der Waals surface area contributed by atoms with Gasteiger partial charge in [-0.3, -0.25) is 14.5 Å². The number of hydrogen-bond acceptors (Lipinski definition) is 4. The third-order valence-corrected chi connectivity index (χ3v) is 4.65. The third-order valence-electron chi connectivity index (χ3n) is 4.65. The third kappa shape index (κ3) is 4.41. The molecule has 0 aromatic carbocycles. The molecule has 6 heteroatoms. The molecule has 21 heavy (non-hydrogen) atoms. The van der Waals surface area contributed by atoms with Crippen molar-refractivity contribution in [1.82, 2.24) is 20.0 Å². The van der Waals surface area contributed by atoms with Crippen molar-refractivity contribution in [2.24, 2.45) is 0 Å². The highest BCUT2D eigenvalue weighted by Gasteiger charge is 2.26. The Hall–Kier alpha value is -1.14. The van der Waals surface area contributed by atoms with Gasteiger partial charge in [-0.15, -0.1) is 0 Å². The Balaban J connectivity index is 1.81. The first-order chi connectivity index (χ1) is 10.1. The van der Waals surface area contributed by atoms with Gasteiger partial charge in [0.2, 0.25) is 11.8 Å². The van der Waals surface area contributed by atoms with Crippen molar-refractivity contribution < 1.29 is 9.59 Å². The number of piperidine rings is 1. The number of nitrogens with one attached hydrogen (secondary N) is 1. The van der Waals surface area contributed by atoms with Gasteiger partial charge in [-0.05, 0) is 32.5 Å². The molecule has 0 aromatic rings. The number of hydrogen-bond donors (Lipinski definition) is 1. The van der Waals surface area contributed by atoms with E-state index in [0.29, 0.717) is 38.8 Å². The van der Waals surface area contributed by atoms with Crippen LogP contribution in [0.3, 0.4) is 0 Å². The Morgan fingerprint density at radius 3 is 2.19 bits per heavy atom. The van der Waals surface area contributed by atoms with Gasteiger partial charge in [-0.1, -0.05) is 6.92 Å². The van der Waals surface area contributed by atoms with Gasteiger partial charge in [0.25, 0.3) is 0 Å². The average molecular weight is 296 g/mol. The molecule has 0 aliphatic carbocycles. The first-order valence-electron chi connectivity index (χ1n) is 8.10. The summed E-state index contributed by atoms with van der Waals surface area (Å²) in [5, 5.41) is 3.37. The molecule has 1 N–H and O–H groups in total. The van der Waals surface area contributed by atoms with E-state index in [-0.39, 0.29) is 11.8 Å². The number of likely N-dealkylation sites (N-methyl/N-ethyl adjacent to an activating group) is 1. The lowest BCUT2D eigenvalue weighted by molar-refractivity contribution is -0.139. The van der Waals surface area contributed by atoms with E-state index in [0.717, 1.165) is 32.5 Å². The van der Waals surface area contributed by atoms with Gasteiger partial charge in [0, 0.05) is 39.1 Å². The number of carbonyl (C=O) groups is 2. The molecule has 0 atom stereocenters. The molecule has 2 saturated heterocycles. The fourth-order valence-electron chi connectivity index (χ4n) is 3.22. The van der Waals surface area contributed by atoms with Crippen molar-refractivity contribution in [3.63, 3.8) is 0 Å². The lowest BCUT2D eigenvalue weighted by Crippen LogP contribution is -2.53. The summed E-state index contributed by atoms with van der Waals surface area (Å²) >= 11 is 0. The van der Waals surface area contributed by atoms with E-state index in [1.54, 1.807) is 6.92 Å². The van der Waals surface area contributed by atoms with Gasteiger partial charge in [0.15, 0.2) is 0 Å². The number of rotatable bonds is 4. The Kier molecular flexibility index (Phi) is 5.99. The summed E-state index contributed by atoms with van der Waals surface area (Å²) in [4.78, 5) is 29.8. The number of carbonyl (C=O) groups excluding carboxylic acids is 2. The van der Waals surface area contributed by atoms with E-state index >= 15 is 0 Å². The molecular weight excluding hydrogens is 268 g/mol. The van der Waals surface area contributed by atoms with Gasteiger partial charge < -0.3 is 15.1 Å². The zero-order valence-corrected chi connectivity index (χ0v) is 13.3.